The van der Waals surface area contributed by atoms with Crippen LogP contribution in [0.15, 0.2) is 30.5 Å². The number of nitrogens with one attached hydrogen (secondary N) is 1. The minimum absolute atomic E-state index is 0.156. The van der Waals surface area contributed by atoms with Gasteiger partial charge in [-0.1, -0.05) is 12.1 Å². The molecule has 1 aromatic carbocycles. The zero-order valence-electron chi connectivity index (χ0n) is 8.20. The molecule has 0 spiro atoms. The summed E-state index contributed by atoms with van der Waals surface area (Å²) in [5, 5.41) is 21.2. The first-order valence-corrected chi connectivity index (χ1v) is 4.53. The second-order valence-electron chi connectivity index (χ2n) is 3.23. The quantitative estimate of drug-likeness (QED) is 0.271. The van der Waals surface area contributed by atoms with Gasteiger partial charge in [0.15, 0.2) is 6.23 Å². The van der Waals surface area contributed by atoms with E-state index in [9.17, 15) is 15.2 Å². The monoisotopic (exact) mass is 222 g/mol. The van der Waals surface area contributed by atoms with Crippen molar-refractivity contribution in [2.75, 3.05) is 0 Å². The predicted molar refractivity (Wildman–Crippen MR) is 56.4 cm³/mol. The Hall–Kier alpha value is -1.96. The van der Waals surface area contributed by atoms with E-state index in [0.29, 0.717) is 9.16 Å². The number of aliphatic hydroxyl groups is 1. The van der Waals surface area contributed by atoms with E-state index in [1.165, 1.54) is 12.1 Å². The molecule has 7 heteroatoms. The minimum atomic E-state index is -1.39. The number of nitrogens with two attached hydrogens (primary N) is 1. The molecular formula is C9H10N4O3. The van der Waals surface area contributed by atoms with Crippen LogP contribution in [0.4, 0.5) is 0 Å². The van der Waals surface area contributed by atoms with Gasteiger partial charge in [-0.3, -0.25) is 5.84 Å². The van der Waals surface area contributed by atoms with Crippen LogP contribution in [0.1, 0.15) is 11.9 Å². The van der Waals surface area contributed by atoms with Crippen molar-refractivity contribution >= 4 is 11.0 Å². The van der Waals surface area contributed by atoms with E-state index in [1.807, 2.05) is 5.43 Å². The average Bonchev–Trinajstić information content (AvgIpc) is 2.33. The van der Waals surface area contributed by atoms with Crippen molar-refractivity contribution < 1.29 is 9.53 Å². The fraction of sp³-hybridized carbons (Fsp3) is 0.111. The summed E-state index contributed by atoms with van der Waals surface area (Å²) in [5.41, 5.74) is 2.24. The van der Waals surface area contributed by atoms with Crippen molar-refractivity contribution in [1.29, 1.82) is 0 Å². The third-order valence-electron chi connectivity index (χ3n) is 2.26. The van der Waals surface area contributed by atoms with Crippen LogP contribution in [0.3, 0.4) is 0 Å². The summed E-state index contributed by atoms with van der Waals surface area (Å²) in [7, 11) is 0. The van der Waals surface area contributed by atoms with Crippen molar-refractivity contribution in [2.24, 2.45) is 5.84 Å². The third kappa shape index (κ3) is 1.52. The maximum atomic E-state index is 11.8. The van der Waals surface area contributed by atoms with E-state index in [2.05, 4.69) is 0 Å². The molecule has 4 N–H and O–H groups in total. The number of benzene rings is 1. The molecule has 0 aliphatic carbocycles. The molecule has 0 aliphatic heterocycles. The van der Waals surface area contributed by atoms with E-state index in [4.69, 9.17) is 5.84 Å². The fourth-order valence-electron chi connectivity index (χ4n) is 1.47. The lowest BCUT2D eigenvalue weighted by molar-refractivity contribution is -0.465. The van der Waals surface area contributed by atoms with Gasteiger partial charge in [0.1, 0.15) is 11.2 Å². The van der Waals surface area contributed by atoms with Crippen molar-refractivity contribution in [3.05, 3.63) is 46.3 Å². The maximum Gasteiger partial charge on any atom is 0.285 e. The van der Waals surface area contributed by atoms with Crippen LogP contribution in [0.5, 0.6) is 0 Å². The number of aliphatic hydroxyl groups excluding tert-OH is 1. The molecule has 0 saturated carbocycles. The lowest BCUT2D eigenvalue weighted by atomic mass is 10.3. The Morgan fingerprint density at radius 3 is 2.88 bits per heavy atom. The largest absolute Gasteiger partial charge is 0.805 e. The number of aromatic nitrogens is 2. The van der Waals surface area contributed by atoms with Gasteiger partial charge in [0, 0.05) is 11.0 Å². The normalized spacial score (nSPS) is 12.9. The van der Waals surface area contributed by atoms with Crippen LogP contribution >= 0.6 is 0 Å². The minimum Gasteiger partial charge on any atom is -0.805 e. The Labute approximate surface area is 89.9 Å². The summed E-state index contributed by atoms with van der Waals surface area (Å²) in [6.45, 7) is 0. The van der Waals surface area contributed by atoms with Crippen LogP contribution in [0.25, 0.3) is 11.0 Å². The van der Waals surface area contributed by atoms with Crippen LogP contribution in [0.2, 0.25) is 0 Å². The lowest BCUT2D eigenvalue weighted by Gasteiger charge is -2.19. The summed E-state index contributed by atoms with van der Waals surface area (Å²) in [6.07, 6.45) is -0.401. The molecule has 84 valence electrons. The predicted octanol–water partition coefficient (Wildman–Crippen LogP) is -0.644. The van der Waals surface area contributed by atoms with Gasteiger partial charge in [0.25, 0.3) is 11.7 Å². The molecule has 1 aromatic heterocycles. The van der Waals surface area contributed by atoms with E-state index in [0.717, 1.165) is 6.20 Å². The second kappa shape index (κ2) is 3.89. The topological polar surface area (TPSA) is 109 Å². The molecule has 7 nitrogen and oxygen atoms in total. The van der Waals surface area contributed by atoms with Gasteiger partial charge in [0.05, 0.1) is 4.43 Å². The SMILES string of the molecule is NNC(O)c1c[n+](=O)c2ccccc2n1[O-]. The van der Waals surface area contributed by atoms with Gasteiger partial charge in [-0.15, -0.1) is 0 Å². The van der Waals surface area contributed by atoms with Crippen molar-refractivity contribution in [3.8, 4) is 0 Å². The van der Waals surface area contributed by atoms with Gasteiger partial charge < -0.3 is 15.0 Å². The molecule has 1 heterocycles. The Bertz CT molecular complexity index is 580. The Balaban J connectivity index is 2.80. The standard InChI is InChI=1S/C9H10N4O3/c10-11-9(14)8-5-12(15)6-3-1-2-4-7(6)13(8)16/h1-5,9,11,14H,10H2. The van der Waals surface area contributed by atoms with E-state index < -0.39 is 6.23 Å². The Morgan fingerprint density at radius 2 is 2.19 bits per heavy atom. The van der Waals surface area contributed by atoms with Gasteiger partial charge in [0.2, 0.25) is 0 Å². The summed E-state index contributed by atoms with van der Waals surface area (Å²) >= 11 is 0. The van der Waals surface area contributed by atoms with Gasteiger partial charge in [-0.25, -0.2) is 5.43 Å². The molecule has 2 rings (SSSR count). The first kappa shape index (κ1) is 10.6. The van der Waals surface area contributed by atoms with Crippen LogP contribution in [-0.4, -0.2) is 9.84 Å². The zero-order chi connectivity index (χ0) is 11.7. The summed E-state index contributed by atoms with van der Waals surface area (Å²) in [5.74, 6) is 5.00. The molecule has 0 saturated heterocycles. The smallest absolute Gasteiger partial charge is 0.285 e. The van der Waals surface area contributed by atoms with E-state index >= 15 is 0 Å². The van der Waals surface area contributed by atoms with E-state index in [1.54, 1.807) is 12.1 Å². The van der Waals surface area contributed by atoms with Gasteiger partial charge in [-0.2, -0.15) is 0 Å². The molecular weight excluding hydrogens is 212 g/mol. The lowest BCUT2D eigenvalue weighted by Crippen LogP contribution is -2.32. The van der Waals surface area contributed by atoms with Gasteiger partial charge in [-0.05, 0) is 6.07 Å². The summed E-state index contributed by atoms with van der Waals surface area (Å²) < 4.78 is 0.980. The number of hydrazine groups is 1. The van der Waals surface area contributed by atoms with Crippen molar-refractivity contribution in [2.45, 2.75) is 6.23 Å². The van der Waals surface area contributed by atoms with Crippen molar-refractivity contribution in [3.63, 3.8) is 0 Å². The molecule has 1 atom stereocenters. The zero-order valence-corrected chi connectivity index (χ0v) is 8.20. The Morgan fingerprint density at radius 1 is 1.50 bits per heavy atom. The van der Waals surface area contributed by atoms with Crippen LogP contribution in [0, 0.1) is 10.1 Å². The second-order valence-corrected chi connectivity index (χ2v) is 3.23. The molecule has 0 radical (unpaired) electrons. The van der Waals surface area contributed by atoms with Crippen LogP contribution in [-0.2, 0) is 0 Å². The van der Waals surface area contributed by atoms with Crippen LogP contribution < -0.4 is 15.7 Å². The summed E-state index contributed by atoms with van der Waals surface area (Å²) in [4.78, 5) is 11.6. The third-order valence-corrected chi connectivity index (χ3v) is 2.26. The number of hydrogen-bond acceptors (Lipinski definition) is 5. The van der Waals surface area contributed by atoms with Gasteiger partial charge >= 0.3 is 0 Å². The molecule has 1 unspecified atom stereocenters. The molecule has 0 fully saturated rings. The number of nitrogens with zero attached hydrogens (tertiary/aromatic N) is 2. The highest BCUT2D eigenvalue weighted by Gasteiger charge is 2.16. The molecule has 0 bridgehead atoms. The molecule has 0 aliphatic rings. The highest BCUT2D eigenvalue weighted by molar-refractivity contribution is 5.71. The highest BCUT2D eigenvalue weighted by atomic mass is 16.5. The summed E-state index contributed by atoms with van der Waals surface area (Å²) in [6, 6.07) is 6.28. The molecule has 0 amide bonds. The van der Waals surface area contributed by atoms with Crippen molar-refractivity contribution in [1.82, 2.24) is 10.2 Å². The highest BCUT2D eigenvalue weighted by Crippen LogP contribution is 2.14. The molecule has 2 aromatic rings. The first-order valence-electron chi connectivity index (χ1n) is 4.53. The maximum absolute atomic E-state index is 11.8. The Kier molecular flexibility index (Phi) is 2.57. The van der Waals surface area contributed by atoms with E-state index in [-0.39, 0.29) is 16.7 Å². The fourth-order valence-corrected chi connectivity index (χ4v) is 1.47. The number of rotatable bonds is 2. The number of para-hydroxylation sites is 2. The number of fused-ring (bicyclic) bond motifs is 1. The first-order chi connectivity index (χ1) is 7.65. The number of hydrogen-bond donors (Lipinski definition) is 3. The average molecular weight is 222 g/mol. The molecule has 16 heavy (non-hydrogen) atoms.